The van der Waals surface area contributed by atoms with Gasteiger partial charge in [-0.3, -0.25) is 0 Å². The van der Waals surface area contributed by atoms with Gasteiger partial charge in [0.1, 0.15) is 5.75 Å². The van der Waals surface area contributed by atoms with Crippen LogP contribution in [0, 0.1) is 0 Å². The smallest absolute Gasteiger partial charge is 0.244 e. The van der Waals surface area contributed by atoms with Gasteiger partial charge in [0.05, 0.1) is 17.4 Å². The second kappa shape index (κ2) is 7.17. The van der Waals surface area contributed by atoms with E-state index in [0.717, 1.165) is 29.1 Å². The molecule has 0 unspecified atom stereocenters. The summed E-state index contributed by atoms with van der Waals surface area (Å²) in [7, 11) is -1.92. The van der Waals surface area contributed by atoms with Crippen molar-refractivity contribution in [3.8, 4) is 5.75 Å². The number of hydrogen-bond donors (Lipinski definition) is 0. The van der Waals surface area contributed by atoms with E-state index in [-0.39, 0.29) is 5.37 Å². The van der Waals surface area contributed by atoms with Crippen molar-refractivity contribution in [3.63, 3.8) is 0 Å². The molecule has 0 saturated carbocycles. The van der Waals surface area contributed by atoms with Crippen molar-refractivity contribution in [1.29, 1.82) is 0 Å². The van der Waals surface area contributed by atoms with Crippen molar-refractivity contribution in [2.75, 3.05) is 19.4 Å². The second-order valence-corrected chi connectivity index (χ2v) is 8.66. The number of nitrogens with zero attached hydrogens (tertiary/aromatic N) is 1. The highest BCUT2D eigenvalue weighted by molar-refractivity contribution is 8.01. The fraction of sp³-hybridized carbons (Fsp3) is 0.333. The lowest BCUT2D eigenvalue weighted by atomic mass is 10.2. The van der Waals surface area contributed by atoms with Crippen molar-refractivity contribution in [2.24, 2.45) is 0 Å². The van der Waals surface area contributed by atoms with E-state index in [1.165, 1.54) is 0 Å². The van der Waals surface area contributed by atoms with Gasteiger partial charge in [0.2, 0.25) is 10.0 Å². The van der Waals surface area contributed by atoms with E-state index < -0.39 is 10.0 Å². The Bertz CT molecular complexity index is 803. The van der Waals surface area contributed by atoms with E-state index >= 15 is 0 Å². The van der Waals surface area contributed by atoms with Crippen LogP contribution in [0.25, 0.3) is 0 Å². The summed E-state index contributed by atoms with van der Waals surface area (Å²) in [6, 6.07) is 14.8. The summed E-state index contributed by atoms with van der Waals surface area (Å²) in [6.45, 7) is 2.56. The summed E-state index contributed by atoms with van der Waals surface area (Å²) in [5.74, 6) is 1.49. The first-order chi connectivity index (χ1) is 11.6. The lowest BCUT2D eigenvalue weighted by Gasteiger charge is -2.25. The molecule has 1 fully saturated rings. The third kappa shape index (κ3) is 3.18. The number of thioether (sulfide) groups is 1. The molecule has 1 aliphatic heterocycles. The second-order valence-electron chi connectivity index (χ2n) is 5.58. The van der Waals surface area contributed by atoms with Crippen LogP contribution in [0.5, 0.6) is 5.75 Å². The number of para-hydroxylation sites is 1. The van der Waals surface area contributed by atoms with Crippen molar-refractivity contribution in [1.82, 2.24) is 4.31 Å². The summed E-state index contributed by atoms with van der Waals surface area (Å²) < 4.78 is 33.2. The molecule has 2 aromatic carbocycles. The van der Waals surface area contributed by atoms with Gasteiger partial charge in [-0.25, -0.2) is 8.42 Å². The summed E-state index contributed by atoms with van der Waals surface area (Å²) in [4.78, 5) is 0.349. The Balaban J connectivity index is 1.97. The van der Waals surface area contributed by atoms with Crippen molar-refractivity contribution < 1.29 is 13.2 Å². The van der Waals surface area contributed by atoms with Crippen LogP contribution >= 0.6 is 11.8 Å². The normalized spacial score (nSPS) is 18.7. The average molecular weight is 364 g/mol. The molecule has 3 rings (SSSR count). The maximum Gasteiger partial charge on any atom is 0.244 e. The molecule has 1 aliphatic rings. The lowest BCUT2D eigenvalue weighted by molar-refractivity contribution is 0.390. The summed E-state index contributed by atoms with van der Waals surface area (Å²) >= 11 is 1.63. The maximum atomic E-state index is 13.1. The van der Waals surface area contributed by atoms with Gasteiger partial charge < -0.3 is 4.74 Å². The van der Waals surface area contributed by atoms with Gasteiger partial charge in [-0.15, -0.1) is 11.8 Å². The molecule has 0 N–H and O–H groups in total. The Morgan fingerprint density at radius 1 is 1.17 bits per heavy atom. The molecule has 0 radical (unpaired) electrons. The molecule has 1 atom stereocenters. The van der Waals surface area contributed by atoms with E-state index in [2.05, 4.69) is 6.92 Å². The predicted molar refractivity (Wildman–Crippen MR) is 97.9 cm³/mol. The van der Waals surface area contributed by atoms with Crippen LogP contribution in [0.3, 0.4) is 0 Å². The number of ether oxygens (including phenoxy) is 1. The molecule has 6 heteroatoms. The molecule has 2 aromatic rings. The quantitative estimate of drug-likeness (QED) is 0.813. The Kier molecular flexibility index (Phi) is 5.18. The molecule has 1 heterocycles. The molecular weight excluding hydrogens is 342 g/mol. The number of methoxy groups -OCH3 is 1. The number of benzene rings is 2. The zero-order chi connectivity index (χ0) is 17.2. The zero-order valence-electron chi connectivity index (χ0n) is 13.8. The van der Waals surface area contributed by atoms with E-state index in [1.54, 1.807) is 35.3 Å². The van der Waals surface area contributed by atoms with Gasteiger partial charge in [-0.05, 0) is 30.2 Å². The molecule has 0 aromatic heterocycles. The Labute approximate surface area is 147 Å². The monoisotopic (exact) mass is 363 g/mol. The molecule has 0 spiro atoms. The predicted octanol–water partition coefficient (Wildman–Crippen LogP) is 3.69. The van der Waals surface area contributed by atoms with Crippen molar-refractivity contribution >= 4 is 21.8 Å². The fourth-order valence-electron chi connectivity index (χ4n) is 2.85. The van der Waals surface area contributed by atoms with E-state index in [0.29, 0.717) is 11.4 Å². The summed E-state index contributed by atoms with van der Waals surface area (Å²) in [5, 5.41) is -0.253. The van der Waals surface area contributed by atoms with Gasteiger partial charge in [0, 0.05) is 17.9 Å². The van der Waals surface area contributed by atoms with Gasteiger partial charge in [0.15, 0.2) is 0 Å². The molecule has 0 amide bonds. The Hall–Kier alpha value is -1.50. The minimum absolute atomic E-state index is 0.253. The molecule has 24 heavy (non-hydrogen) atoms. The lowest BCUT2D eigenvalue weighted by Crippen LogP contribution is -2.30. The number of aryl methyl sites for hydroxylation is 1. The fourth-order valence-corrected chi connectivity index (χ4v) is 6.11. The van der Waals surface area contributed by atoms with Crippen LogP contribution in [0.4, 0.5) is 0 Å². The third-order valence-corrected chi connectivity index (χ3v) is 7.45. The van der Waals surface area contributed by atoms with Gasteiger partial charge in [-0.2, -0.15) is 4.31 Å². The minimum Gasteiger partial charge on any atom is -0.496 e. The van der Waals surface area contributed by atoms with Crippen LogP contribution in [-0.2, 0) is 16.4 Å². The van der Waals surface area contributed by atoms with E-state index in [4.69, 9.17) is 4.74 Å². The molecule has 1 saturated heterocycles. The van der Waals surface area contributed by atoms with Gasteiger partial charge in [0.25, 0.3) is 0 Å². The van der Waals surface area contributed by atoms with E-state index in [9.17, 15) is 8.42 Å². The van der Waals surface area contributed by atoms with Crippen LogP contribution in [0.1, 0.15) is 23.4 Å². The first-order valence-electron chi connectivity index (χ1n) is 7.93. The van der Waals surface area contributed by atoms with Crippen LogP contribution < -0.4 is 4.74 Å². The van der Waals surface area contributed by atoms with Crippen molar-refractivity contribution in [2.45, 2.75) is 23.6 Å². The largest absolute Gasteiger partial charge is 0.496 e. The van der Waals surface area contributed by atoms with Crippen LogP contribution in [-0.4, -0.2) is 32.1 Å². The molecule has 128 valence electrons. The summed E-state index contributed by atoms with van der Waals surface area (Å²) in [5.41, 5.74) is 2.03. The standard InChI is InChI=1S/C18H21NO3S2/c1-3-14-8-10-15(11-9-14)24(20,21)19-12-13-23-18(19)16-6-4-5-7-17(16)22-2/h4-11,18H,3,12-13H2,1-2H3/t18-/m0/s1. The first-order valence-corrected chi connectivity index (χ1v) is 10.4. The highest BCUT2D eigenvalue weighted by atomic mass is 32.2. The number of hydrogen-bond acceptors (Lipinski definition) is 4. The highest BCUT2D eigenvalue weighted by Gasteiger charge is 2.38. The van der Waals surface area contributed by atoms with Gasteiger partial charge >= 0.3 is 0 Å². The van der Waals surface area contributed by atoms with Crippen LogP contribution in [0.15, 0.2) is 53.4 Å². The molecule has 0 bridgehead atoms. The third-order valence-electron chi connectivity index (χ3n) is 4.19. The molecular formula is C18H21NO3S2. The Morgan fingerprint density at radius 3 is 2.54 bits per heavy atom. The number of sulfonamides is 1. The van der Waals surface area contributed by atoms with Crippen molar-refractivity contribution in [3.05, 3.63) is 59.7 Å². The zero-order valence-corrected chi connectivity index (χ0v) is 15.4. The average Bonchev–Trinajstić information content (AvgIpc) is 3.12. The minimum atomic E-state index is -3.53. The molecule has 0 aliphatic carbocycles. The molecule has 4 nitrogen and oxygen atoms in total. The SMILES string of the molecule is CCc1ccc(S(=O)(=O)N2CCS[C@H]2c2ccccc2OC)cc1. The summed E-state index contributed by atoms with van der Waals surface area (Å²) in [6.07, 6.45) is 0.893. The maximum absolute atomic E-state index is 13.1. The van der Waals surface area contributed by atoms with Gasteiger partial charge in [-0.1, -0.05) is 37.3 Å². The first kappa shape index (κ1) is 17.3. The highest BCUT2D eigenvalue weighted by Crippen LogP contribution is 2.44. The van der Waals surface area contributed by atoms with Crippen LogP contribution in [0.2, 0.25) is 0 Å². The van der Waals surface area contributed by atoms with E-state index in [1.807, 2.05) is 36.4 Å². The topological polar surface area (TPSA) is 46.6 Å². The Morgan fingerprint density at radius 2 is 1.88 bits per heavy atom. The number of rotatable bonds is 5.